The number of halogens is 1. The van der Waals surface area contributed by atoms with Crippen LogP contribution in [-0.4, -0.2) is 42.3 Å². The molecule has 0 aliphatic carbocycles. The summed E-state index contributed by atoms with van der Waals surface area (Å²) in [6.45, 7) is 6.65. The van der Waals surface area contributed by atoms with Crippen LogP contribution in [0.3, 0.4) is 0 Å². The molecule has 2 aromatic rings. The summed E-state index contributed by atoms with van der Waals surface area (Å²) in [5, 5.41) is 5.30. The Bertz CT molecular complexity index is 793. The first-order valence-electron chi connectivity index (χ1n) is 8.49. The molecule has 1 fully saturated rings. The predicted molar refractivity (Wildman–Crippen MR) is 96.8 cm³/mol. The normalized spacial score (nSPS) is 14.2. The molecule has 7 nitrogen and oxygen atoms in total. The first-order valence-corrected chi connectivity index (χ1v) is 8.49. The van der Waals surface area contributed by atoms with Gasteiger partial charge in [-0.1, -0.05) is 6.07 Å². The van der Waals surface area contributed by atoms with Gasteiger partial charge in [0.15, 0.2) is 0 Å². The van der Waals surface area contributed by atoms with Gasteiger partial charge in [-0.3, -0.25) is 0 Å². The van der Waals surface area contributed by atoms with Crippen LogP contribution < -0.4 is 15.5 Å². The minimum absolute atomic E-state index is 0.180. The van der Waals surface area contributed by atoms with Gasteiger partial charge >= 0.3 is 6.03 Å². The van der Waals surface area contributed by atoms with Gasteiger partial charge in [0.2, 0.25) is 0 Å². The second-order valence-corrected chi connectivity index (χ2v) is 6.15. The van der Waals surface area contributed by atoms with Crippen molar-refractivity contribution < 1.29 is 13.9 Å². The van der Waals surface area contributed by atoms with Crippen LogP contribution in [0.5, 0.6) is 0 Å². The number of rotatable bonds is 4. The molecular weight excluding hydrogens is 337 g/mol. The Labute approximate surface area is 151 Å². The maximum absolute atomic E-state index is 13.5. The molecular formula is C18H22FN5O2. The fraction of sp³-hybridized carbons (Fsp3) is 0.389. The van der Waals surface area contributed by atoms with Crippen molar-refractivity contribution >= 4 is 17.5 Å². The van der Waals surface area contributed by atoms with Crippen LogP contribution >= 0.6 is 0 Å². The van der Waals surface area contributed by atoms with Crippen LogP contribution in [0.4, 0.5) is 20.7 Å². The van der Waals surface area contributed by atoms with Crippen LogP contribution in [-0.2, 0) is 11.3 Å². The summed E-state index contributed by atoms with van der Waals surface area (Å²) in [5.41, 5.74) is 1.75. The fourth-order valence-electron chi connectivity index (χ4n) is 2.65. The zero-order chi connectivity index (χ0) is 18.5. The lowest BCUT2D eigenvalue weighted by Crippen LogP contribution is -2.37. The van der Waals surface area contributed by atoms with E-state index < -0.39 is 6.03 Å². The van der Waals surface area contributed by atoms with Crippen molar-refractivity contribution in [1.82, 2.24) is 15.3 Å². The van der Waals surface area contributed by atoms with E-state index in [-0.39, 0.29) is 12.4 Å². The summed E-state index contributed by atoms with van der Waals surface area (Å²) in [4.78, 5) is 23.0. The van der Waals surface area contributed by atoms with Crippen molar-refractivity contribution in [3.8, 4) is 0 Å². The van der Waals surface area contributed by atoms with Gasteiger partial charge in [-0.05, 0) is 31.5 Å². The average Bonchev–Trinajstić information content (AvgIpc) is 2.63. The Morgan fingerprint density at radius 2 is 2.00 bits per heavy atom. The lowest BCUT2D eigenvalue weighted by Gasteiger charge is -2.28. The van der Waals surface area contributed by atoms with E-state index in [2.05, 4.69) is 25.5 Å². The number of nitrogens with zero attached hydrogens (tertiary/aromatic N) is 3. The number of morpholine rings is 1. The first kappa shape index (κ1) is 18.1. The maximum Gasteiger partial charge on any atom is 0.319 e. The van der Waals surface area contributed by atoms with E-state index in [1.165, 1.54) is 6.07 Å². The molecule has 0 radical (unpaired) electrons. The second-order valence-electron chi connectivity index (χ2n) is 6.15. The third kappa shape index (κ3) is 4.66. The Balaban J connectivity index is 1.60. The lowest BCUT2D eigenvalue weighted by atomic mass is 10.2. The lowest BCUT2D eigenvalue weighted by molar-refractivity contribution is 0.122. The third-order valence-electron chi connectivity index (χ3n) is 4.06. The number of ether oxygens (including phenoxy) is 1. The topological polar surface area (TPSA) is 79.4 Å². The highest BCUT2D eigenvalue weighted by Gasteiger charge is 2.14. The Kier molecular flexibility index (Phi) is 5.62. The van der Waals surface area contributed by atoms with Gasteiger partial charge in [0.1, 0.15) is 17.5 Å². The predicted octanol–water partition coefficient (Wildman–Crippen LogP) is 2.39. The number of anilines is 2. The van der Waals surface area contributed by atoms with E-state index >= 15 is 0 Å². The van der Waals surface area contributed by atoms with Gasteiger partial charge in [-0.25, -0.2) is 19.2 Å². The summed E-state index contributed by atoms with van der Waals surface area (Å²) < 4.78 is 18.9. The number of hydrogen-bond acceptors (Lipinski definition) is 5. The molecule has 1 aromatic heterocycles. The minimum atomic E-state index is -0.439. The van der Waals surface area contributed by atoms with Crippen molar-refractivity contribution in [2.24, 2.45) is 0 Å². The van der Waals surface area contributed by atoms with E-state index in [9.17, 15) is 9.18 Å². The average molecular weight is 359 g/mol. The molecule has 0 spiro atoms. The molecule has 2 heterocycles. The summed E-state index contributed by atoms with van der Waals surface area (Å²) in [7, 11) is 0. The maximum atomic E-state index is 13.5. The molecule has 1 saturated heterocycles. The summed E-state index contributed by atoms with van der Waals surface area (Å²) in [6, 6.07) is 6.03. The summed E-state index contributed by atoms with van der Waals surface area (Å²) >= 11 is 0. The van der Waals surface area contributed by atoms with Gasteiger partial charge in [0, 0.05) is 30.5 Å². The first-order chi connectivity index (χ1) is 12.5. The number of urea groups is 1. The SMILES string of the molecule is Cc1cc(N2CCOCC2)nc(CNC(=O)Nc2ccc(C)c(F)c2)n1. The Morgan fingerprint density at radius 1 is 1.23 bits per heavy atom. The molecule has 0 unspecified atom stereocenters. The van der Waals surface area contributed by atoms with Crippen LogP contribution in [0.25, 0.3) is 0 Å². The van der Waals surface area contributed by atoms with Gasteiger partial charge in [-0.15, -0.1) is 0 Å². The van der Waals surface area contributed by atoms with E-state index in [0.29, 0.717) is 30.3 Å². The minimum Gasteiger partial charge on any atom is -0.378 e. The molecule has 26 heavy (non-hydrogen) atoms. The van der Waals surface area contributed by atoms with Gasteiger partial charge in [0.05, 0.1) is 19.8 Å². The number of amides is 2. The van der Waals surface area contributed by atoms with E-state index in [4.69, 9.17) is 4.74 Å². The van der Waals surface area contributed by atoms with Crippen LogP contribution in [0.15, 0.2) is 24.3 Å². The highest BCUT2D eigenvalue weighted by Crippen LogP contribution is 2.15. The van der Waals surface area contributed by atoms with E-state index in [1.807, 2.05) is 13.0 Å². The van der Waals surface area contributed by atoms with Crippen molar-refractivity contribution in [3.05, 3.63) is 47.2 Å². The standard InChI is InChI=1S/C18H22FN5O2/c1-12-3-4-14(10-15(12)19)22-18(25)20-11-16-21-13(2)9-17(23-16)24-5-7-26-8-6-24/h3-4,9-10H,5-8,11H2,1-2H3,(H2,20,22,25). The molecule has 1 aliphatic heterocycles. The zero-order valence-corrected chi connectivity index (χ0v) is 14.9. The molecule has 3 rings (SSSR count). The highest BCUT2D eigenvalue weighted by molar-refractivity contribution is 5.89. The molecule has 0 bridgehead atoms. The highest BCUT2D eigenvalue weighted by atomic mass is 19.1. The van der Waals surface area contributed by atoms with Gasteiger partial charge in [0.25, 0.3) is 0 Å². The molecule has 2 N–H and O–H groups in total. The molecule has 0 saturated carbocycles. The number of nitrogens with one attached hydrogen (secondary N) is 2. The third-order valence-corrected chi connectivity index (χ3v) is 4.06. The molecule has 2 amide bonds. The number of aryl methyl sites for hydroxylation is 2. The van der Waals surface area contributed by atoms with Crippen molar-refractivity contribution in [1.29, 1.82) is 0 Å². The van der Waals surface area contributed by atoms with Gasteiger partial charge < -0.3 is 20.3 Å². The second kappa shape index (κ2) is 8.09. The molecule has 0 atom stereocenters. The van der Waals surface area contributed by atoms with Gasteiger partial charge in [-0.2, -0.15) is 0 Å². The molecule has 138 valence electrons. The number of carbonyl (C=O) groups excluding carboxylic acids is 1. The number of aromatic nitrogens is 2. The Morgan fingerprint density at radius 3 is 2.73 bits per heavy atom. The molecule has 8 heteroatoms. The van der Waals surface area contributed by atoms with Crippen LogP contribution in [0.1, 0.15) is 17.1 Å². The smallest absolute Gasteiger partial charge is 0.319 e. The Hall–Kier alpha value is -2.74. The fourth-order valence-corrected chi connectivity index (χ4v) is 2.65. The molecule has 1 aliphatic rings. The zero-order valence-electron chi connectivity index (χ0n) is 14.9. The monoisotopic (exact) mass is 359 g/mol. The summed E-state index contributed by atoms with van der Waals surface area (Å²) in [6.07, 6.45) is 0. The number of carbonyl (C=O) groups is 1. The van der Waals surface area contributed by atoms with Crippen LogP contribution in [0, 0.1) is 19.7 Å². The van der Waals surface area contributed by atoms with E-state index in [1.54, 1.807) is 19.1 Å². The quantitative estimate of drug-likeness (QED) is 0.876. The number of benzene rings is 1. The van der Waals surface area contributed by atoms with Crippen molar-refractivity contribution in [2.45, 2.75) is 20.4 Å². The van der Waals surface area contributed by atoms with Crippen molar-refractivity contribution in [3.63, 3.8) is 0 Å². The summed E-state index contributed by atoms with van der Waals surface area (Å²) in [5.74, 6) is 0.996. The molecule has 1 aromatic carbocycles. The van der Waals surface area contributed by atoms with E-state index in [0.717, 1.165) is 24.6 Å². The van der Waals surface area contributed by atoms with Crippen LogP contribution in [0.2, 0.25) is 0 Å². The number of hydrogen-bond donors (Lipinski definition) is 2. The largest absolute Gasteiger partial charge is 0.378 e. The van der Waals surface area contributed by atoms with Crippen molar-refractivity contribution in [2.75, 3.05) is 36.5 Å².